The maximum atomic E-state index is 12.6. The van der Waals surface area contributed by atoms with E-state index in [1.807, 2.05) is 0 Å². The number of hydrogen-bond acceptors (Lipinski definition) is 5. The Morgan fingerprint density at radius 2 is 2.24 bits per heavy atom. The van der Waals surface area contributed by atoms with Crippen LogP contribution in [0.25, 0.3) is 0 Å². The van der Waals surface area contributed by atoms with Crippen molar-refractivity contribution in [2.75, 3.05) is 26.2 Å². The first-order valence-corrected chi connectivity index (χ1v) is 7.28. The number of nitrogens with zero attached hydrogens (tertiary/aromatic N) is 4. The maximum Gasteiger partial charge on any atom is 0.319 e. The number of fused-ring (bicyclic) bond motifs is 1. The van der Waals surface area contributed by atoms with Crippen LogP contribution in [0, 0.1) is 10.1 Å². The first kappa shape index (κ1) is 14.2. The van der Waals surface area contributed by atoms with Crippen LogP contribution in [-0.2, 0) is 0 Å². The summed E-state index contributed by atoms with van der Waals surface area (Å²) in [6.45, 7) is 3.11. The summed E-state index contributed by atoms with van der Waals surface area (Å²) >= 11 is 5.76. The molecule has 0 bridgehead atoms. The standard InChI is InChI=1S/C13H15ClN4O3/c14-12-11(18(20)21)10(3-4-15-12)13(19)17-7-6-16-5-1-2-9(16)8-17/h3-4,9H,1-2,5-8H2. The molecule has 1 unspecified atom stereocenters. The van der Waals surface area contributed by atoms with Gasteiger partial charge in [-0.15, -0.1) is 0 Å². The second-order valence-corrected chi connectivity index (χ2v) is 5.70. The fourth-order valence-corrected chi connectivity index (χ4v) is 3.35. The Morgan fingerprint density at radius 3 is 3.00 bits per heavy atom. The van der Waals surface area contributed by atoms with Gasteiger partial charge in [-0.1, -0.05) is 11.6 Å². The van der Waals surface area contributed by atoms with Crippen molar-refractivity contribution in [1.82, 2.24) is 14.8 Å². The van der Waals surface area contributed by atoms with E-state index < -0.39 is 10.6 Å². The number of amides is 1. The lowest BCUT2D eigenvalue weighted by Gasteiger charge is -2.37. The SMILES string of the molecule is O=C(c1ccnc(Cl)c1[N+](=O)[O-])N1CCN2CCCC2C1. The van der Waals surface area contributed by atoms with E-state index in [2.05, 4.69) is 9.88 Å². The van der Waals surface area contributed by atoms with Crippen LogP contribution in [0.5, 0.6) is 0 Å². The molecule has 0 N–H and O–H groups in total. The van der Waals surface area contributed by atoms with Gasteiger partial charge in [0.1, 0.15) is 5.56 Å². The summed E-state index contributed by atoms with van der Waals surface area (Å²) in [7, 11) is 0. The van der Waals surface area contributed by atoms with Crippen molar-refractivity contribution >= 4 is 23.2 Å². The Bertz CT molecular complexity index is 595. The smallest absolute Gasteiger partial charge is 0.319 e. The average Bonchev–Trinajstić information content (AvgIpc) is 2.93. The third-order valence-electron chi connectivity index (χ3n) is 4.17. The molecule has 0 radical (unpaired) electrons. The van der Waals surface area contributed by atoms with Gasteiger partial charge in [0.25, 0.3) is 5.91 Å². The molecular weight excluding hydrogens is 296 g/mol. The zero-order valence-electron chi connectivity index (χ0n) is 11.4. The van der Waals surface area contributed by atoms with Gasteiger partial charge in [0.15, 0.2) is 0 Å². The van der Waals surface area contributed by atoms with E-state index in [1.54, 1.807) is 4.90 Å². The lowest BCUT2D eigenvalue weighted by Crippen LogP contribution is -2.52. The fraction of sp³-hybridized carbons (Fsp3) is 0.538. The quantitative estimate of drug-likeness (QED) is 0.470. The van der Waals surface area contributed by atoms with E-state index in [1.165, 1.54) is 12.3 Å². The highest BCUT2D eigenvalue weighted by atomic mass is 35.5. The number of carbonyl (C=O) groups excluding carboxylic acids is 1. The van der Waals surface area contributed by atoms with Gasteiger partial charge in [0.05, 0.1) is 4.92 Å². The van der Waals surface area contributed by atoms with Crippen molar-refractivity contribution in [2.45, 2.75) is 18.9 Å². The summed E-state index contributed by atoms with van der Waals surface area (Å²) in [4.78, 5) is 30.8. The van der Waals surface area contributed by atoms with Gasteiger partial charge in [-0.2, -0.15) is 0 Å². The number of halogens is 1. The summed E-state index contributed by atoms with van der Waals surface area (Å²) in [6.07, 6.45) is 3.55. The van der Waals surface area contributed by atoms with Crippen LogP contribution in [0.3, 0.4) is 0 Å². The van der Waals surface area contributed by atoms with Gasteiger partial charge in [0, 0.05) is 31.9 Å². The molecule has 0 saturated carbocycles. The highest BCUT2D eigenvalue weighted by Crippen LogP contribution is 2.29. The summed E-state index contributed by atoms with van der Waals surface area (Å²) in [6, 6.07) is 1.74. The lowest BCUT2D eigenvalue weighted by molar-refractivity contribution is -0.385. The van der Waals surface area contributed by atoms with Crippen molar-refractivity contribution < 1.29 is 9.72 Å². The molecular formula is C13H15ClN4O3. The Morgan fingerprint density at radius 1 is 1.43 bits per heavy atom. The van der Waals surface area contributed by atoms with Crippen LogP contribution >= 0.6 is 11.6 Å². The van der Waals surface area contributed by atoms with Crippen LogP contribution in [0.1, 0.15) is 23.2 Å². The van der Waals surface area contributed by atoms with Crippen molar-refractivity contribution in [3.05, 3.63) is 33.1 Å². The molecule has 1 aromatic heterocycles. The highest BCUT2D eigenvalue weighted by molar-refractivity contribution is 6.32. The molecule has 3 heterocycles. The first-order chi connectivity index (χ1) is 10.1. The molecule has 2 saturated heterocycles. The number of pyridine rings is 1. The van der Waals surface area contributed by atoms with Crippen molar-refractivity contribution in [3.63, 3.8) is 0 Å². The van der Waals surface area contributed by atoms with E-state index >= 15 is 0 Å². The number of rotatable bonds is 2. The third kappa shape index (κ3) is 2.58. The second-order valence-electron chi connectivity index (χ2n) is 5.34. The molecule has 2 fully saturated rings. The van der Waals surface area contributed by atoms with Crippen molar-refractivity contribution in [3.8, 4) is 0 Å². The zero-order valence-corrected chi connectivity index (χ0v) is 12.1. The molecule has 112 valence electrons. The minimum Gasteiger partial charge on any atom is -0.336 e. The van der Waals surface area contributed by atoms with E-state index in [4.69, 9.17) is 11.6 Å². The van der Waals surface area contributed by atoms with E-state index in [0.717, 1.165) is 25.9 Å². The molecule has 2 aliphatic rings. The molecule has 1 amide bonds. The maximum absolute atomic E-state index is 12.6. The Labute approximate surface area is 126 Å². The fourth-order valence-electron chi connectivity index (χ4n) is 3.12. The molecule has 0 aliphatic carbocycles. The van der Waals surface area contributed by atoms with Gasteiger partial charge in [0.2, 0.25) is 5.15 Å². The highest BCUT2D eigenvalue weighted by Gasteiger charge is 2.35. The second kappa shape index (κ2) is 5.57. The molecule has 0 aromatic carbocycles. The molecule has 1 atom stereocenters. The Balaban J connectivity index is 1.86. The predicted octanol–water partition coefficient (Wildman–Crippen LogP) is 1.56. The molecule has 1 aromatic rings. The Hall–Kier alpha value is -1.73. The number of hydrogen-bond donors (Lipinski definition) is 0. The number of aromatic nitrogens is 1. The van der Waals surface area contributed by atoms with E-state index in [0.29, 0.717) is 19.1 Å². The van der Waals surface area contributed by atoms with Gasteiger partial charge < -0.3 is 4.90 Å². The topological polar surface area (TPSA) is 79.6 Å². The lowest BCUT2D eigenvalue weighted by atomic mass is 10.1. The molecule has 3 rings (SSSR count). The van der Waals surface area contributed by atoms with Gasteiger partial charge in [-0.3, -0.25) is 19.8 Å². The van der Waals surface area contributed by atoms with Crippen LogP contribution in [0.4, 0.5) is 5.69 Å². The molecule has 2 aliphatic heterocycles. The largest absolute Gasteiger partial charge is 0.336 e. The molecule has 8 heteroatoms. The van der Waals surface area contributed by atoms with E-state index in [9.17, 15) is 14.9 Å². The Kier molecular flexibility index (Phi) is 3.77. The molecule has 21 heavy (non-hydrogen) atoms. The molecule has 7 nitrogen and oxygen atoms in total. The zero-order chi connectivity index (χ0) is 15.0. The monoisotopic (exact) mass is 310 g/mol. The van der Waals surface area contributed by atoms with Crippen molar-refractivity contribution in [2.24, 2.45) is 0 Å². The summed E-state index contributed by atoms with van der Waals surface area (Å²) < 4.78 is 0. The first-order valence-electron chi connectivity index (χ1n) is 6.90. The van der Waals surface area contributed by atoms with Crippen LogP contribution in [-0.4, -0.2) is 57.8 Å². The third-order valence-corrected chi connectivity index (χ3v) is 4.44. The summed E-state index contributed by atoms with van der Waals surface area (Å²) in [5.41, 5.74) is -0.385. The minimum absolute atomic E-state index is 0.0199. The van der Waals surface area contributed by atoms with Crippen LogP contribution in [0.15, 0.2) is 12.3 Å². The van der Waals surface area contributed by atoms with Gasteiger partial charge >= 0.3 is 5.69 Å². The number of carbonyl (C=O) groups is 1. The average molecular weight is 311 g/mol. The van der Waals surface area contributed by atoms with Crippen LogP contribution in [0.2, 0.25) is 5.15 Å². The minimum atomic E-state index is -0.644. The van der Waals surface area contributed by atoms with Gasteiger partial charge in [-0.05, 0) is 25.5 Å². The van der Waals surface area contributed by atoms with Crippen LogP contribution < -0.4 is 0 Å². The van der Waals surface area contributed by atoms with Gasteiger partial charge in [-0.25, -0.2) is 4.98 Å². The predicted molar refractivity (Wildman–Crippen MR) is 76.4 cm³/mol. The molecule has 0 spiro atoms. The van der Waals surface area contributed by atoms with Crippen molar-refractivity contribution in [1.29, 1.82) is 0 Å². The normalized spacial score (nSPS) is 22.1. The van der Waals surface area contributed by atoms with E-state index in [-0.39, 0.29) is 16.6 Å². The summed E-state index contributed by atoms with van der Waals surface area (Å²) in [5, 5.41) is 10.9. The number of piperazine rings is 1. The number of nitro groups is 1. The summed E-state index contributed by atoms with van der Waals surface area (Å²) in [5.74, 6) is -0.336.